The summed E-state index contributed by atoms with van der Waals surface area (Å²) in [4.78, 5) is 8.00. The molecular weight excluding hydrogens is 190 g/mol. The van der Waals surface area contributed by atoms with Crippen molar-refractivity contribution in [2.24, 2.45) is 33.1 Å². The van der Waals surface area contributed by atoms with E-state index >= 15 is 0 Å². The first kappa shape index (κ1) is 11.8. The molecule has 0 bridgehead atoms. The van der Waals surface area contributed by atoms with Crippen molar-refractivity contribution < 1.29 is 0 Å². The number of aliphatic imine (C=N–C) groups is 2. The van der Waals surface area contributed by atoms with Gasteiger partial charge in [-0.1, -0.05) is 19.3 Å². The summed E-state index contributed by atoms with van der Waals surface area (Å²) in [5.74, 6) is 0.784. The number of hydrogen-bond acceptors (Lipinski definition) is 1. The Kier molecular flexibility index (Phi) is 4.39. The van der Waals surface area contributed by atoms with Crippen molar-refractivity contribution in [1.29, 1.82) is 0 Å². The first-order chi connectivity index (χ1) is 7.09. The minimum Gasteiger partial charge on any atom is -0.370 e. The molecule has 5 heteroatoms. The molecule has 15 heavy (non-hydrogen) atoms. The van der Waals surface area contributed by atoms with E-state index in [0.717, 1.165) is 0 Å². The molecular formula is C10H21N5. The molecule has 0 aliphatic heterocycles. The molecule has 1 fully saturated rings. The van der Waals surface area contributed by atoms with Crippen LogP contribution in [0.4, 0.5) is 0 Å². The Morgan fingerprint density at radius 2 is 1.73 bits per heavy atom. The molecule has 0 unspecified atom stereocenters. The van der Waals surface area contributed by atoms with Crippen LogP contribution in [0.25, 0.3) is 0 Å². The Morgan fingerprint density at radius 3 is 2.27 bits per heavy atom. The fourth-order valence-electron chi connectivity index (χ4n) is 2.09. The summed E-state index contributed by atoms with van der Waals surface area (Å²) in [5, 5.41) is 0. The second-order valence-electron chi connectivity index (χ2n) is 4.16. The van der Waals surface area contributed by atoms with Crippen molar-refractivity contribution in [3.05, 3.63) is 0 Å². The van der Waals surface area contributed by atoms with Gasteiger partial charge in [0.15, 0.2) is 5.96 Å². The summed E-state index contributed by atoms with van der Waals surface area (Å²) in [6, 6.07) is 0.216. The predicted octanol–water partition coefficient (Wildman–Crippen LogP) is 0.543. The molecule has 1 rings (SSSR count). The lowest BCUT2D eigenvalue weighted by molar-refractivity contribution is 0.317. The topological polar surface area (TPSA) is 103 Å². The van der Waals surface area contributed by atoms with Crippen LogP contribution in [0.5, 0.6) is 0 Å². The first-order valence-electron chi connectivity index (χ1n) is 5.52. The van der Waals surface area contributed by atoms with Gasteiger partial charge in [0.25, 0.3) is 0 Å². The van der Waals surface area contributed by atoms with E-state index in [2.05, 4.69) is 16.9 Å². The molecule has 1 aliphatic carbocycles. The Balaban J connectivity index is 2.52. The van der Waals surface area contributed by atoms with Crippen LogP contribution in [-0.4, -0.2) is 18.0 Å². The molecule has 0 saturated heterocycles. The molecule has 5 nitrogen and oxygen atoms in total. The van der Waals surface area contributed by atoms with Crippen molar-refractivity contribution in [3.63, 3.8) is 0 Å². The summed E-state index contributed by atoms with van der Waals surface area (Å²) in [6.07, 6.45) is 6.41. The zero-order valence-corrected chi connectivity index (χ0v) is 9.32. The van der Waals surface area contributed by atoms with E-state index in [4.69, 9.17) is 17.2 Å². The van der Waals surface area contributed by atoms with Crippen LogP contribution in [-0.2, 0) is 0 Å². The van der Waals surface area contributed by atoms with Crippen molar-refractivity contribution in [1.82, 2.24) is 0 Å². The van der Waals surface area contributed by atoms with Gasteiger partial charge >= 0.3 is 0 Å². The van der Waals surface area contributed by atoms with Gasteiger partial charge in [-0.25, -0.2) is 4.99 Å². The molecule has 86 valence electrons. The smallest absolute Gasteiger partial charge is 0.218 e. The van der Waals surface area contributed by atoms with Crippen LogP contribution < -0.4 is 17.2 Å². The maximum absolute atomic E-state index is 5.58. The Bertz CT molecular complexity index is 249. The van der Waals surface area contributed by atoms with Crippen LogP contribution >= 0.6 is 0 Å². The molecule has 0 aromatic rings. The third kappa shape index (κ3) is 4.18. The average Bonchev–Trinajstić information content (AvgIpc) is 2.17. The van der Waals surface area contributed by atoms with E-state index < -0.39 is 0 Å². The molecule has 0 aromatic carbocycles. The van der Waals surface area contributed by atoms with E-state index in [1.165, 1.54) is 32.1 Å². The van der Waals surface area contributed by atoms with Gasteiger partial charge in [0.05, 0.1) is 6.04 Å². The van der Waals surface area contributed by atoms with Crippen LogP contribution in [0.3, 0.4) is 0 Å². The molecule has 1 saturated carbocycles. The molecule has 0 heterocycles. The normalized spacial score (nSPS) is 21.0. The summed E-state index contributed by atoms with van der Waals surface area (Å²) in [7, 11) is 0. The van der Waals surface area contributed by atoms with Crippen molar-refractivity contribution in [3.8, 4) is 0 Å². The summed E-state index contributed by atoms with van der Waals surface area (Å²) >= 11 is 0. The zero-order chi connectivity index (χ0) is 11.3. The third-order valence-electron chi connectivity index (χ3n) is 2.91. The molecule has 0 radical (unpaired) electrons. The van der Waals surface area contributed by atoms with Crippen LogP contribution in [0.2, 0.25) is 0 Å². The quantitative estimate of drug-likeness (QED) is 0.459. The highest BCUT2D eigenvalue weighted by atomic mass is 15.1. The fraction of sp³-hybridized carbons (Fsp3) is 0.800. The van der Waals surface area contributed by atoms with Gasteiger partial charge in [-0.15, -0.1) is 0 Å². The zero-order valence-electron chi connectivity index (χ0n) is 9.32. The monoisotopic (exact) mass is 211 g/mol. The molecule has 1 atom stereocenters. The number of hydrogen-bond donors (Lipinski definition) is 3. The van der Waals surface area contributed by atoms with Crippen molar-refractivity contribution in [2.45, 2.75) is 45.1 Å². The molecule has 0 spiro atoms. The van der Waals surface area contributed by atoms with Crippen molar-refractivity contribution in [2.75, 3.05) is 0 Å². The van der Waals surface area contributed by atoms with E-state index in [0.29, 0.717) is 5.92 Å². The second-order valence-corrected chi connectivity index (χ2v) is 4.16. The summed E-state index contributed by atoms with van der Waals surface area (Å²) in [6.45, 7) is 2.07. The minimum absolute atomic E-state index is 0.0351. The number of nitrogens with zero attached hydrogens (tertiary/aromatic N) is 2. The molecule has 0 aromatic heterocycles. The highest BCUT2D eigenvalue weighted by Gasteiger charge is 2.19. The summed E-state index contributed by atoms with van der Waals surface area (Å²) < 4.78 is 0. The standard InChI is InChI=1S/C10H21N5/c1-7(8-5-3-2-4-6-8)14-10(13)15-9(11)12/h7-8H,2-6H2,1H3,(H6,11,12,13,14,15)/t7-/m1/s1. The average molecular weight is 211 g/mol. The number of guanidine groups is 2. The van der Waals surface area contributed by atoms with E-state index in [9.17, 15) is 0 Å². The largest absolute Gasteiger partial charge is 0.370 e. The van der Waals surface area contributed by atoms with E-state index in [1.807, 2.05) is 0 Å². The first-order valence-corrected chi connectivity index (χ1v) is 5.52. The van der Waals surface area contributed by atoms with Crippen LogP contribution in [0.15, 0.2) is 9.98 Å². The van der Waals surface area contributed by atoms with Crippen LogP contribution in [0.1, 0.15) is 39.0 Å². The Hall–Kier alpha value is -1.26. The van der Waals surface area contributed by atoms with Gasteiger partial charge in [-0.05, 0) is 25.7 Å². The Morgan fingerprint density at radius 1 is 1.13 bits per heavy atom. The molecule has 1 aliphatic rings. The maximum Gasteiger partial charge on any atom is 0.218 e. The molecule has 6 N–H and O–H groups in total. The number of rotatable bonds is 2. The molecule has 0 amide bonds. The lowest BCUT2D eigenvalue weighted by Gasteiger charge is -2.24. The number of nitrogens with two attached hydrogens (primary N) is 3. The fourth-order valence-corrected chi connectivity index (χ4v) is 2.09. The highest BCUT2D eigenvalue weighted by Crippen LogP contribution is 2.27. The third-order valence-corrected chi connectivity index (χ3v) is 2.91. The highest BCUT2D eigenvalue weighted by molar-refractivity contribution is 5.92. The lowest BCUT2D eigenvalue weighted by Crippen LogP contribution is -2.28. The SMILES string of the molecule is C[C@@H](N=C(N)N=C(N)N)C1CCCCC1. The van der Waals surface area contributed by atoms with E-state index in [-0.39, 0.29) is 18.0 Å². The predicted molar refractivity (Wildman–Crippen MR) is 63.5 cm³/mol. The van der Waals surface area contributed by atoms with Gasteiger partial charge in [0, 0.05) is 0 Å². The summed E-state index contributed by atoms with van der Waals surface area (Å²) in [5.41, 5.74) is 16.0. The van der Waals surface area contributed by atoms with Gasteiger partial charge in [0.2, 0.25) is 5.96 Å². The van der Waals surface area contributed by atoms with Gasteiger partial charge in [0.1, 0.15) is 0 Å². The van der Waals surface area contributed by atoms with E-state index in [1.54, 1.807) is 0 Å². The minimum atomic E-state index is -0.0351. The van der Waals surface area contributed by atoms with Gasteiger partial charge < -0.3 is 17.2 Å². The Labute approximate surface area is 90.8 Å². The lowest BCUT2D eigenvalue weighted by atomic mass is 9.85. The van der Waals surface area contributed by atoms with Crippen LogP contribution in [0, 0.1) is 5.92 Å². The second kappa shape index (κ2) is 5.58. The van der Waals surface area contributed by atoms with Gasteiger partial charge in [-0.3, -0.25) is 0 Å². The van der Waals surface area contributed by atoms with Gasteiger partial charge in [-0.2, -0.15) is 4.99 Å². The maximum atomic E-state index is 5.58. The van der Waals surface area contributed by atoms with Crippen molar-refractivity contribution >= 4 is 11.9 Å².